The van der Waals surface area contributed by atoms with E-state index in [1.165, 1.54) is 0 Å². The fraction of sp³-hybridized carbons (Fsp3) is 0.667. The van der Waals surface area contributed by atoms with Crippen molar-refractivity contribution >= 4 is 11.8 Å². The van der Waals surface area contributed by atoms with E-state index >= 15 is 0 Å². The van der Waals surface area contributed by atoms with Gasteiger partial charge in [-0.15, -0.1) is 0 Å². The fourth-order valence-electron chi connectivity index (χ4n) is 0.919. The van der Waals surface area contributed by atoms with Gasteiger partial charge in [0, 0.05) is 0 Å². The van der Waals surface area contributed by atoms with Gasteiger partial charge in [0.25, 0.3) is 0 Å². The molecule has 2 atom stereocenters. The van der Waals surface area contributed by atoms with E-state index in [1.54, 1.807) is 6.92 Å². The van der Waals surface area contributed by atoms with E-state index in [1.807, 2.05) is 0 Å². The molecule has 1 aliphatic rings. The van der Waals surface area contributed by atoms with Crippen molar-refractivity contribution in [3.05, 3.63) is 0 Å². The molecule has 5 nitrogen and oxygen atoms in total. The van der Waals surface area contributed by atoms with E-state index in [9.17, 15) is 9.90 Å². The zero-order valence-corrected chi connectivity index (χ0v) is 6.07. The minimum Gasteiger partial charge on any atom is -0.548 e. The summed E-state index contributed by atoms with van der Waals surface area (Å²) < 4.78 is 0. The van der Waals surface area contributed by atoms with Gasteiger partial charge in [-0.3, -0.25) is 4.99 Å². The van der Waals surface area contributed by atoms with Crippen molar-refractivity contribution in [3.8, 4) is 0 Å². The van der Waals surface area contributed by atoms with E-state index in [0.29, 0.717) is 5.84 Å². The van der Waals surface area contributed by atoms with Crippen LogP contribution in [0.2, 0.25) is 0 Å². The maximum Gasteiger partial charge on any atom is 0.0990 e. The van der Waals surface area contributed by atoms with E-state index in [-0.39, 0.29) is 6.54 Å². The number of rotatable bonds is 1. The summed E-state index contributed by atoms with van der Waals surface area (Å²) in [6.07, 6.45) is -0.983. The van der Waals surface area contributed by atoms with Crippen LogP contribution in [0.3, 0.4) is 0 Å². The first-order chi connectivity index (χ1) is 5.11. The molecule has 0 radical (unpaired) electrons. The number of hydrogen-bond donors (Lipinski definition) is 2. The van der Waals surface area contributed by atoms with Gasteiger partial charge in [0.1, 0.15) is 0 Å². The Morgan fingerprint density at radius 3 is 3.00 bits per heavy atom. The van der Waals surface area contributed by atoms with Gasteiger partial charge >= 0.3 is 0 Å². The highest BCUT2D eigenvalue weighted by Crippen LogP contribution is 1.99. The van der Waals surface area contributed by atoms with Gasteiger partial charge in [-0.1, -0.05) is 0 Å². The van der Waals surface area contributed by atoms with Crippen LogP contribution < -0.4 is 10.4 Å². The molecule has 0 fully saturated rings. The summed E-state index contributed by atoms with van der Waals surface area (Å²) in [4.78, 5) is 14.1. The quantitative estimate of drug-likeness (QED) is 0.440. The first-order valence-corrected chi connectivity index (χ1v) is 3.28. The summed E-state index contributed by atoms with van der Waals surface area (Å²) in [7, 11) is 0. The Morgan fingerprint density at radius 2 is 2.55 bits per heavy atom. The third-order valence-electron chi connectivity index (χ3n) is 1.52. The molecule has 5 heteroatoms. The molecule has 2 N–H and O–H groups in total. The third kappa shape index (κ3) is 1.68. The van der Waals surface area contributed by atoms with Gasteiger partial charge < -0.3 is 20.3 Å². The highest BCUT2D eigenvalue weighted by atomic mass is 16.4. The smallest absolute Gasteiger partial charge is 0.0990 e. The number of hydrogen-bond acceptors (Lipinski definition) is 5. The predicted molar refractivity (Wildman–Crippen MR) is 35.9 cm³/mol. The molecule has 0 aromatic carbocycles. The second-order valence-electron chi connectivity index (χ2n) is 2.43. The van der Waals surface area contributed by atoms with Crippen LogP contribution in [0.1, 0.15) is 6.92 Å². The predicted octanol–water partition coefficient (Wildman–Crippen LogP) is -2.51. The van der Waals surface area contributed by atoms with Crippen LogP contribution in [0, 0.1) is 0 Å². The van der Waals surface area contributed by atoms with Crippen LogP contribution >= 0.6 is 0 Å². The maximum atomic E-state index is 10.3. The van der Waals surface area contributed by atoms with Crippen molar-refractivity contribution < 1.29 is 15.0 Å². The summed E-state index contributed by atoms with van der Waals surface area (Å²) in [6.45, 7) is 1.76. The van der Waals surface area contributed by atoms with E-state index < -0.39 is 18.1 Å². The highest BCUT2D eigenvalue weighted by Gasteiger charge is 2.23. The Morgan fingerprint density at radius 1 is 1.91 bits per heavy atom. The lowest BCUT2D eigenvalue weighted by Crippen LogP contribution is -2.57. The van der Waals surface area contributed by atoms with Gasteiger partial charge in [0.2, 0.25) is 0 Å². The second-order valence-corrected chi connectivity index (χ2v) is 2.43. The zero-order valence-electron chi connectivity index (χ0n) is 6.07. The Balaban J connectivity index is 2.67. The monoisotopic (exact) mass is 157 g/mol. The number of carbonyl (C=O) groups excluding carboxylic acids is 1. The molecule has 1 rings (SSSR count). The molecule has 1 aliphatic heterocycles. The van der Waals surface area contributed by atoms with Gasteiger partial charge in [-0.2, -0.15) is 0 Å². The number of aliphatic imine (C=N–C) groups is 1. The van der Waals surface area contributed by atoms with Crippen molar-refractivity contribution in [2.75, 3.05) is 6.54 Å². The van der Waals surface area contributed by atoms with Crippen molar-refractivity contribution in [2.24, 2.45) is 4.99 Å². The SMILES string of the molecule is CC1=NC[C@H](O)[C@@H](C(=O)[O-])N1. The topological polar surface area (TPSA) is 84.8 Å². The molecule has 0 amide bonds. The Bertz CT molecular complexity index is 202. The fourth-order valence-corrected chi connectivity index (χ4v) is 0.919. The molecule has 0 unspecified atom stereocenters. The molecule has 62 valence electrons. The van der Waals surface area contributed by atoms with E-state index in [4.69, 9.17) is 5.11 Å². The molecular formula is C6H9N2O3-. The summed E-state index contributed by atoms with van der Waals surface area (Å²) in [5.41, 5.74) is 0. The number of aliphatic hydroxyl groups is 1. The first kappa shape index (κ1) is 8.00. The largest absolute Gasteiger partial charge is 0.548 e. The van der Waals surface area contributed by atoms with Crippen LogP contribution in [0.4, 0.5) is 0 Å². The number of aliphatic hydroxyl groups excluding tert-OH is 1. The molecule has 0 spiro atoms. The first-order valence-electron chi connectivity index (χ1n) is 3.28. The van der Waals surface area contributed by atoms with Gasteiger partial charge in [-0.25, -0.2) is 0 Å². The number of nitrogens with one attached hydrogen (secondary N) is 1. The summed E-state index contributed by atoms with van der Waals surface area (Å²) in [6, 6.07) is -1.02. The van der Waals surface area contributed by atoms with E-state index in [2.05, 4.69) is 10.3 Å². The lowest BCUT2D eigenvalue weighted by Gasteiger charge is -2.28. The Kier molecular flexibility index (Phi) is 2.09. The molecule has 0 aromatic heterocycles. The number of nitrogens with zero attached hydrogens (tertiary/aromatic N) is 1. The van der Waals surface area contributed by atoms with Crippen LogP contribution in [-0.2, 0) is 4.79 Å². The van der Waals surface area contributed by atoms with Crippen LogP contribution in [-0.4, -0.2) is 35.6 Å². The molecule has 0 aliphatic carbocycles. The van der Waals surface area contributed by atoms with Crippen molar-refractivity contribution in [1.29, 1.82) is 0 Å². The Labute approximate surface area is 63.8 Å². The summed E-state index contributed by atoms with van der Waals surface area (Å²) in [5, 5.41) is 21.9. The normalized spacial score (nSPS) is 30.5. The number of carboxylic acids is 1. The van der Waals surface area contributed by atoms with Crippen LogP contribution in [0.25, 0.3) is 0 Å². The average Bonchev–Trinajstić information content (AvgIpc) is 1.94. The second kappa shape index (κ2) is 2.87. The van der Waals surface area contributed by atoms with E-state index in [0.717, 1.165) is 0 Å². The number of aliphatic carboxylic acids is 1. The molecule has 11 heavy (non-hydrogen) atoms. The van der Waals surface area contributed by atoms with Crippen molar-refractivity contribution in [2.45, 2.75) is 19.1 Å². The summed E-state index contributed by atoms with van der Waals surface area (Å²) >= 11 is 0. The van der Waals surface area contributed by atoms with Gasteiger partial charge in [-0.05, 0) is 6.92 Å². The third-order valence-corrected chi connectivity index (χ3v) is 1.52. The molecule has 0 aromatic rings. The van der Waals surface area contributed by atoms with Gasteiger partial charge in [0.15, 0.2) is 0 Å². The molecule has 1 heterocycles. The molecule has 0 saturated heterocycles. The lowest BCUT2D eigenvalue weighted by atomic mass is 10.1. The van der Waals surface area contributed by atoms with Crippen LogP contribution in [0.15, 0.2) is 4.99 Å². The number of carboxylic acid groups (broad SMARTS) is 1. The molecule has 0 saturated carbocycles. The maximum absolute atomic E-state index is 10.3. The molecule has 0 bridgehead atoms. The standard InChI is InChI=1S/C6H10N2O3/c1-3-7-2-4(9)5(8-3)6(10)11/h4-5,9H,2H2,1H3,(H,7,8)(H,10,11)/p-1/t4-,5-/m0/s1. The Hall–Kier alpha value is -1.10. The minimum atomic E-state index is -1.30. The summed E-state index contributed by atoms with van der Waals surface area (Å²) in [5.74, 6) is -0.781. The zero-order chi connectivity index (χ0) is 8.43. The van der Waals surface area contributed by atoms with Gasteiger partial charge in [0.05, 0.1) is 30.5 Å². The lowest BCUT2D eigenvalue weighted by molar-refractivity contribution is -0.310. The average molecular weight is 157 g/mol. The van der Waals surface area contributed by atoms with Crippen molar-refractivity contribution in [1.82, 2.24) is 5.32 Å². The molecular weight excluding hydrogens is 148 g/mol. The number of carbonyl (C=O) groups is 1. The highest BCUT2D eigenvalue weighted by molar-refractivity contribution is 5.86. The minimum absolute atomic E-state index is 0.123. The number of amidine groups is 1. The van der Waals surface area contributed by atoms with Crippen LogP contribution in [0.5, 0.6) is 0 Å². The van der Waals surface area contributed by atoms with Crippen molar-refractivity contribution in [3.63, 3.8) is 0 Å².